The molecule has 130 valence electrons. The van der Waals surface area contributed by atoms with E-state index in [1.54, 1.807) is 11.8 Å². The Bertz CT molecular complexity index is 747. The molecule has 3 nitrogen and oxygen atoms in total. The van der Waals surface area contributed by atoms with Gasteiger partial charge in [-0.05, 0) is 29.2 Å². The van der Waals surface area contributed by atoms with Gasteiger partial charge in [0, 0.05) is 31.2 Å². The molecule has 2 heterocycles. The van der Waals surface area contributed by atoms with Gasteiger partial charge in [0.2, 0.25) is 5.91 Å². The molecule has 0 radical (unpaired) electrons. The highest BCUT2D eigenvalue weighted by atomic mass is 32.2. The minimum atomic E-state index is 0.271. The molecule has 1 fully saturated rings. The van der Waals surface area contributed by atoms with Crippen LogP contribution in [-0.2, 0) is 17.0 Å². The molecule has 0 spiro atoms. The number of nitrogens with zero attached hydrogens (tertiary/aromatic N) is 1. The number of hydrogen-bond acceptors (Lipinski definition) is 3. The van der Waals surface area contributed by atoms with Gasteiger partial charge in [0.25, 0.3) is 0 Å². The number of fused-ring (bicyclic) bond motifs is 1. The molecular weight excluding hydrogens is 330 g/mol. The minimum Gasteiger partial charge on any atom is -0.493 e. The Morgan fingerprint density at radius 3 is 2.96 bits per heavy atom. The fourth-order valence-corrected chi connectivity index (χ4v) is 4.53. The zero-order chi connectivity index (χ0) is 17.1. The quantitative estimate of drug-likeness (QED) is 0.817. The molecule has 0 bridgehead atoms. The lowest BCUT2D eigenvalue weighted by atomic mass is 9.96. The average Bonchev–Trinajstić information content (AvgIpc) is 3.31. The number of ether oxygens (including phenoxy) is 1. The maximum atomic E-state index is 12.5. The van der Waals surface area contributed by atoms with E-state index in [4.69, 9.17) is 4.74 Å². The van der Waals surface area contributed by atoms with Crippen molar-refractivity contribution in [2.45, 2.75) is 24.5 Å². The fraction of sp³-hybridized carbons (Fsp3) is 0.381. The average molecular weight is 353 g/mol. The number of rotatable bonds is 5. The highest BCUT2D eigenvalue weighted by Gasteiger charge is 2.28. The van der Waals surface area contributed by atoms with Gasteiger partial charge in [-0.2, -0.15) is 0 Å². The van der Waals surface area contributed by atoms with Gasteiger partial charge in [-0.15, -0.1) is 11.8 Å². The summed E-state index contributed by atoms with van der Waals surface area (Å²) in [7, 11) is 0. The molecule has 0 unspecified atom stereocenters. The smallest absolute Gasteiger partial charge is 0.232 e. The highest BCUT2D eigenvalue weighted by molar-refractivity contribution is 7.99. The summed E-state index contributed by atoms with van der Waals surface area (Å²) in [4.78, 5) is 14.5. The van der Waals surface area contributed by atoms with Crippen LogP contribution in [0.15, 0.2) is 48.5 Å². The molecular formula is C21H23NO2S. The molecule has 1 saturated heterocycles. The highest BCUT2D eigenvalue weighted by Crippen LogP contribution is 2.33. The van der Waals surface area contributed by atoms with Crippen molar-refractivity contribution < 1.29 is 9.53 Å². The molecule has 2 aliphatic rings. The van der Waals surface area contributed by atoms with Crippen molar-refractivity contribution in [1.82, 2.24) is 4.90 Å². The second kappa shape index (κ2) is 7.52. The largest absolute Gasteiger partial charge is 0.493 e. The first-order valence-electron chi connectivity index (χ1n) is 8.94. The summed E-state index contributed by atoms with van der Waals surface area (Å²) in [6.07, 6.45) is 2.07. The lowest BCUT2D eigenvalue weighted by Gasteiger charge is -2.17. The lowest BCUT2D eigenvalue weighted by Crippen LogP contribution is -2.30. The van der Waals surface area contributed by atoms with E-state index in [2.05, 4.69) is 30.3 Å². The van der Waals surface area contributed by atoms with E-state index in [1.165, 1.54) is 16.7 Å². The first-order valence-corrected chi connectivity index (χ1v) is 10.1. The molecule has 0 N–H and O–H groups in total. The Morgan fingerprint density at radius 2 is 2.08 bits per heavy atom. The summed E-state index contributed by atoms with van der Waals surface area (Å²) < 4.78 is 5.59. The van der Waals surface area contributed by atoms with E-state index in [-0.39, 0.29) is 5.91 Å². The van der Waals surface area contributed by atoms with E-state index in [1.807, 2.05) is 23.1 Å². The molecule has 0 aliphatic carbocycles. The van der Waals surface area contributed by atoms with Crippen LogP contribution < -0.4 is 4.74 Å². The monoisotopic (exact) mass is 353 g/mol. The number of benzene rings is 2. The third-order valence-corrected chi connectivity index (χ3v) is 6.05. The van der Waals surface area contributed by atoms with Crippen molar-refractivity contribution in [1.29, 1.82) is 0 Å². The van der Waals surface area contributed by atoms with Gasteiger partial charge in [-0.1, -0.05) is 42.5 Å². The van der Waals surface area contributed by atoms with Crippen molar-refractivity contribution in [3.05, 3.63) is 65.2 Å². The number of likely N-dealkylation sites (tertiary alicyclic amines) is 1. The molecule has 1 atom stereocenters. The van der Waals surface area contributed by atoms with Crippen LogP contribution in [0.5, 0.6) is 5.75 Å². The Morgan fingerprint density at radius 1 is 1.20 bits per heavy atom. The summed E-state index contributed by atoms with van der Waals surface area (Å²) in [6, 6.07) is 16.9. The third-order valence-electron chi connectivity index (χ3n) is 5.06. The number of carbonyl (C=O) groups excluding carboxylic acids is 1. The van der Waals surface area contributed by atoms with Gasteiger partial charge in [-0.3, -0.25) is 4.79 Å². The predicted octanol–water partition coefficient (Wildman–Crippen LogP) is 3.87. The summed E-state index contributed by atoms with van der Waals surface area (Å²) >= 11 is 1.71. The van der Waals surface area contributed by atoms with E-state index < -0.39 is 0 Å². The third kappa shape index (κ3) is 3.84. The molecule has 2 aromatic rings. The SMILES string of the molecule is O=C(CSCc1ccccc1)N1CC[C@@H](c2ccc3c(c2)CCO3)C1. The van der Waals surface area contributed by atoms with Crippen LogP contribution >= 0.6 is 11.8 Å². The van der Waals surface area contributed by atoms with E-state index in [0.29, 0.717) is 11.7 Å². The molecule has 2 aromatic carbocycles. The molecule has 4 rings (SSSR count). The molecule has 1 amide bonds. The summed E-state index contributed by atoms with van der Waals surface area (Å²) in [5, 5.41) is 0. The Kier molecular flexibility index (Phi) is 4.97. The zero-order valence-corrected chi connectivity index (χ0v) is 15.1. The first kappa shape index (κ1) is 16.5. The number of thioether (sulfide) groups is 1. The normalized spacial score (nSPS) is 18.9. The molecule has 4 heteroatoms. The van der Waals surface area contributed by atoms with Crippen LogP contribution in [-0.4, -0.2) is 36.3 Å². The van der Waals surface area contributed by atoms with Gasteiger partial charge < -0.3 is 9.64 Å². The van der Waals surface area contributed by atoms with Crippen LogP contribution in [0.3, 0.4) is 0 Å². The Labute approximate surface area is 153 Å². The number of carbonyl (C=O) groups is 1. The first-order chi connectivity index (χ1) is 12.3. The van der Waals surface area contributed by atoms with Crippen molar-refractivity contribution in [3.63, 3.8) is 0 Å². The summed E-state index contributed by atoms with van der Waals surface area (Å²) in [5.74, 6) is 3.24. The standard InChI is InChI=1S/C21H23NO2S/c23-21(15-25-14-16-4-2-1-3-5-16)22-10-8-19(13-22)17-6-7-20-18(12-17)9-11-24-20/h1-7,12,19H,8-11,13-15H2/t19-/m1/s1. The maximum absolute atomic E-state index is 12.5. The van der Waals surface area contributed by atoms with Crippen LogP contribution in [0.1, 0.15) is 29.0 Å². The van der Waals surface area contributed by atoms with Gasteiger partial charge in [0.05, 0.1) is 12.4 Å². The number of amides is 1. The molecule has 2 aliphatic heterocycles. The van der Waals surface area contributed by atoms with Crippen molar-refractivity contribution in [3.8, 4) is 5.75 Å². The summed E-state index contributed by atoms with van der Waals surface area (Å²) in [5.41, 5.74) is 3.96. The van der Waals surface area contributed by atoms with Crippen LogP contribution in [0.25, 0.3) is 0 Å². The van der Waals surface area contributed by atoms with Gasteiger partial charge in [0.15, 0.2) is 0 Å². The van der Waals surface area contributed by atoms with Crippen LogP contribution in [0, 0.1) is 0 Å². The molecule has 0 saturated carbocycles. The van der Waals surface area contributed by atoms with E-state index >= 15 is 0 Å². The van der Waals surface area contributed by atoms with Crippen LogP contribution in [0.4, 0.5) is 0 Å². The second-order valence-corrected chi connectivity index (χ2v) is 7.75. The minimum absolute atomic E-state index is 0.271. The Hall–Kier alpha value is -1.94. The zero-order valence-electron chi connectivity index (χ0n) is 14.3. The molecule has 25 heavy (non-hydrogen) atoms. The maximum Gasteiger partial charge on any atom is 0.232 e. The van der Waals surface area contributed by atoms with Gasteiger partial charge >= 0.3 is 0 Å². The predicted molar refractivity (Wildman–Crippen MR) is 102 cm³/mol. The fourth-order valence-electron chi connectivity index (χ4n) is 3.64. The van der Waals surface area contributed by atoms with Gasteiger partial charge in [-0.25, -0.2) is 0 Å². The van der Waals surface area contributed by atoms with Crippen molar-refractivity contribution in [2.24, 2.45) is 0 Å². The summed E-state index contributed by atoms with van der Waals surface area (Å²) in [6.45, 7) is 2.53. The van der Waals surface area contributed by atoms with Crippen molar-refractivity contribution >= 4 is 17.7 Å². The topological polar surface area (TPSA) is 29.5 Å². The van der Waals surface area contributed by atoms with E-state index in [9.17, 15) is 4.79 Å². The van der Waals surface area contributed by atoms with Gasteiger partial charge in [0.1, 0.15) is 5.75 Å². The van der Waals surface area contributed by atoms with Crippen molar-refractivity contribution in [2.75, 3.05) is 25.4 Å². The second-order valence-electron chi connectivity index (χ2n) is 6.77. The number of hydrogen-bond donors (Lipinski definition) is 0. The lowest BCUT2D eigenvalue weighted by molar-refractivity contribution is -0.127. The van der Waals surface area contributed by atoms with Crippen LogP contribution in [0.2, 0.25) is 0 Å². The molecule has 0 aromatic heterocycles. The van der Waals surface area contributed by atoms with E-state index in [0.717, 1.165) is 44.0 Å². The Balaban J connectivity index is 1.29.